The summed E-state index contributed by atoms with van der Waals surface area (Å²) < 4.78 is 10.1. The van der Waals surface area contributed by atoms with Crippen molar-refractivity contribution in [1.29, 1.82) is 5.26 Å². The lowest BCUT2D eigenvalue weighted by atomic mass is 10.0. The van der Waals surface area contributed by atoms with E-state index in [2.05, 4.69) is 31.4 Å². The van der Waals surface area contributed by atoms with Crippen molar-refractivity contribution in [3.8, 4) is 28.8 Å². The summed E-state index contributed by atoms with van der Waals surface area (Å²) in [5.41, 5.74) is 8.37. The van der Waals surface area contributed by atoms with Gasteiger partial charge in [0.05, 0.1) is 35.8 Å². The molecule has 166 valence electrons. The van der Waals surface area contributed by atoms with E-state index in [1.807, 2.05) is 53.2 Å². The molecule has 0 saturated carbocycles. The Labute approximate surface area is 194 Å². The van der Waals surface area contributed by atoms with Crippen molar-refractivity contribution in [1.82, 2.24) is 19.3 Å². The van der Waals surface area contributed by atoms with Crippen molar-refractivity contribution in [2.75, 3.05) is 7.11 Å². The molecule has 0 amide bonds. The molecule has 4 aromatic rings. The molecule has 2 aromatic heterocycles. The molecule has 0 bridgehead atoms. The number of nitrogens with zero attached hydrogens (tertiary/aromatic N) is 5. The van der Waals surface area contributed by atoms with Crippen LogP contribution in [0.2, 0.25) is 0 Å². The van der Waals surface area contributed by atoms with Gasteiger partial charge in [0.2, 0.25) is 0 Å². The Morgan fingerprint density at radius 1 is 1.09 bits per heavy atom. The summed E-state index contributed by atoms with van der Waals surface area (Å²) in [6.07, 6.45) is 2.67. The van der Waals surface area contributed by atoms with Crippen molar-refractivity contribution in [2.45, 2.75) is 46.1 Å². The van der Waals surface area contributed by atoms with Crippen molar-refractivity contribution in [3.05, 3.63) is 82.6 Å². The van der Waals surface area contributed by atoms with Crippen LogP contribution in [0.25, 0.3) is 16.9 Å². The summed E-state index contributed by atoms with van der Waals surface area (Å²) >= 11 is 0. The third kappa shape index (κ3) is 3.41. The lowest BCUT2D eigenvalue weighted by Gasteiger charge is -2.19. The number of aryl methyl sites for hydroxylation is 2. The standard InChI is InChI=1S/C27H27N5O/c1-5-26-29-17(2)18(3)31(26)21-14-22-23(15-21)30-32(24-8-6-7-9-25(24)33-4)27(22)20-12-10-19(16-28)11-13-20/h6-13,21H,5,14-15H2,1-4H3/t21-/m0/s1. The van der Waals surface area contributed by atoms with Crippen LogP contribution in [0.4, 0.5) is 0 Å². The van der Waals surface area contributed by atoms with Crippen LogP contribution >= 0.6 is 0 Å². The number of para-hydroxylation sites is 2. The number of fused-ring (bicyclic) bond motifs is 1. The van der Waals surface area contributed by atoms with Crippen LogP contribution in [0.15, 0.2) is 48.5 Å². The Bertz CT molecular complexity index is 1370. The summed E-state index contributed by atoms with van der Waals surface area (Å²) in [5, 5.41) is 14.4. The lowest BCUT2D eigenvalue weighted by Crippen LogP contribution is -2.15. The van der Waals surface area contributed by atoms with Crippen LogP contribution in [0.3, 0.4) is 0 Å². The Morgan fingerprint density at radius 2 is 1.85 bits per heavy atom. The fourth-order valence-corrected chi connectivity index (χ4v) is 5.00. The number of benzene rings is 2. The maximum absolute atomic E-state index is 9.26. The predicted molar refractivity (Wildman–Crippen MR) is 128 cm³/mol. The van der Waals surface area contributed by atoms with Gasteiger partial charge in [-0.1, -0.05) is 31.2 Å². The first-order valence-electron chi connectivity index (χ1n) is 11.3. The summed E-state index contributed by atoms with van der Waals surface area (Å²) in [4.78, 5) is 4.80. The van der Waals surface area contributed by atoms with E-state index in [0.29, 0.717) is 11.6 Å². The highest BCUT2D eigenvalue weighted by molar-refractivity contribution is 5.70. The number of aromatic nitrogens is 4. The minimum Gasteiger partial charge on any atom is -0.494 e. The molecule has 0 N–H and O–H groups in total. The number of methoxy groups -OCH3 is 1. The van der Waals surface area contributed by atoms with Gasteiger partial charge in [-0.2, -0.15) is 10.4 Å². The van der Waals surface area contributed by atoms with Crippen LogP contribution in [0.1, 0.15) is 47.0 Å². The molecule has 0 spiro atoms. The van der Waals surface area contributed by atoms with Crippen LogP contribution in [0, 0.1) is 25.2 Å². The van der Waals surface area contributed by atoms with Gasteiger partial charge in [0.1, 0.15) is 17.3 Å². The monoisotopic (exact) mass is 437 g/mol. The maximum Gasteiger partial charge on any atom is 0.144 e. The van der Waals surface area contributed by atoms with Gasteiger partial charge in [-0.05, 0) is 44.5 Å². The second-order valence-corrected chi connectivity index (χ2v) is 8.53. The molecule has 33 heavy (non-hydrogen) atoms. The maximum atomic E-state index is 9.26. The number of rotatable bonds is 5. The molecule has 1 atom stereocenters. The average Bonchev–Trinajstić information content (AvgIpc) is 3.49. The third-order valence-electron chi connectivity index (χ3n) is 6.68. The summed E-state index contributed by atoms with van der Waals surface area (Å²) in [5.74, 6) is 1.91. The summed E-state index contributed by atoms with van der Waals surface area (Å²) in [6.45, 7) is 6.41. The number of nitriles is 1. The minimum atomic E-state index is 0.308. The molecule has 6 heteroatoms. The van der Waals surface area contributed by atoms with Gasteiger partial charge < -0.3 is 9.30 Å². The molecule has 1 aliphatic carbocycles. The van der Waals surface area contributed by atoms with E-state index in [1.165, 1.54) is 11.3 Å². The highest BCUT2D eigenvalue weighted by atomic mass is 16.5. The van der Waals surface area contributed by atoms with Crippen LogP contribution in [0.5, 0.6) is 5.75 Å². The van der Waals surface area contributed by atoms with E-state index in [9.17, 15) is 5.26 Å². The van der Waals surface area contributed by atoms with Gasteiger partial charge in [-0.3, -0.25) is 0 Å². The van der Waals surface area contributed by atoms with Crippen LogP contribution < -0.4 is 4.74 Å². The quantitative estimate of drug-likeness (QED) is 0.434. The molecule has 0 unspecified atom stereocenters. The normalized spacial score (nSPS) is 14.8. The largest absolute Gasteiger partial charge is 0.494 e. The van der Waals surface area contributed by atoms with Crippen molar-refractivity contribution in [3.63, 3.8) is 0 Å². The molecular weight excluding hydrogens is 410 g/mol. The summed E-state index contributed by atoms with van der Waals surface area (Å²) in [6, 6.07) is 18.2. The Hall–Kier alpha value is -3.85. The summed E-state index contributed by atoms with van der Waals surface area (Å²) in [7, 11) is 1.68. The minimum absolute atomic E-state index is 0.308. The first-order chi connectivity index (χ1) is 16.0. The smallest absolute Gasteiger partial charge is 0.144 e. The van der Waals surface area contributed by atoms with Gasteiger partial charge in [0.15, 0.2) is 0 Å². The molecule has 0 radical (unpaired) electrons. The van der Waals surface area contributed by atoms with E-state index < -0.39 is 0 Å². The van der Waals surface area contributed by atoms with Crippen molar-refractivity contribution < 1.29 is 4.74 Å². The SMILES string of the molecule is CCc1nc(C)c(C)n1[C@@H]1Cc2nn(-c3ccccc3OC)c(-c3ccc(C#N)cc3)c2C1. The molecule has 1 aliphatic rings. The zero-order valence-corrected chi connectivity index (χ0v) is 19.5. The molecule has 0 aliphatic heterocycles. The van der Waals surface area contributed by atoms with E-state index in [-0.39, 0.29) is 0 Å². The zero-order valence-electron chi connectivity index (χ0n) is 19.5. The van der Waals surface area contributed by atoms with Crippen molar-refractivity contribution >= 4 is 0 Å². The molecule has 2 aromatic carbocycles. The Kier molecular flexibility index (Phi) is 5.26. The van der Waals surface area contributed by atoms with Crippen molar-refractivity contribution in [2.24, 2.45) is 0 Å². The highest BCUT2D eigenvalue weighted by Crippen LogP contribution is 2.40. The van der Waals surface area contributed by atoms with E-state index >= 15 is 0 Å². The molecule has 2 heterocycles. The van der Waals surface area contributed by atoms with Gasteiger partial charge in [-0.15, -0.1) is 0 Å². The number of hydrogen-bond donors (Lipinski definition) is 0. The van der Waals surface area contributed by atoms with Gasteiger partial charge in [0.25, 0.3) is 0 Å². The first kappa shape index (κ1) is 21.0. The van der Waals surface area contributed by atoms with Gasteiger partial charge in [0, 0.05) is 35.7 Å². The van der Waals surface area contributed by atoms with Crippen LogP contribution in [-0.4, -0.2) is 26.4 Å². The van der Waals surface area contributed by atoms with E-state index in [0.717, 1.165) is 59.2 Å². The third-order valence-corrected chi connectivity index (χ3v) is 6.68. The highest BCUT2D eigenvalue weighted by Gasteiger charge is 2.33. The fourth-order valence-electron chi connectivity index (χ4n) is 5.00. The second-order valence-electron chi connectivity index (χ2n) is 8.53. The first-order valence-corrected chi connectivity index (χ1v) is 11.3. The average molecular weight is 438 g/mol. The topological polar surface area (TPSA) is 68.7 Å². The van der Waals surface area contributed by atoms with Gasteiger partial charge in [-0.25, -0.2) is 9.67 Å². The van der Waals surface area contributed by atoms with Crippen LogP contribution in [-0.2, 0) is 19.3 Å². The van der Waals surface area contributed by atoms with E-state index in [1.54, 1.807) is 7.11 Å². The number of ether oxygens (including phenoxy) is 1. The fraction of sp³-hybridized carbons (Fsp3) is 0.296. The van der Waals surface area contributed by atoms with Gasteiger partial charge >= 0.3 is 0 Å². The Morgan fingerprint density at radius 3 is 2.55 bits per heavy atom. The second kappa shape index (κ2) is 8.25. The Balaban J connectivity index is 1.66. The number of imidazole rings is 1. The molecular formula is C27H27N5O. The molecule has 6 nitrogen and oxygen atoms in total. The zero-order chi connectivity index (χ0) is 23.1. The predicted octanol–water partition coefficient (Wildman–Crippen LogP) is 5.14. The molecule has 0 fully saturated rings. The van der Waals surface area contributed by atoms with E-state index in [4.69, 9.17) is 14.8 Å². The molecule has 5 rings (SSSR count). The lowest BCUT2D eigenvalue weighted by molar-refractivity contribution is 0.411. The number of hydrogen-bond acceptors (Lipinski definition) is 4. The molecule has 0 saturated heterocycles.